The SMILES string of the molecule is CN1CCN(c2ccc(N=Cc3c(O)[nH]c(=O)c4ccc(/C=C/CO)cc34)cc2)CC1. The van der Waals surface area contributed by atoms with Crippen molar-refractivity contribution in [3.63, 3.8) is 0 Å². The van der Waals surface area contributed by atoms with Gasteiger partial charge in [-0.25, -0.2) is 0 Å². The van der Waals surface area contributed by atoms with E-state index in [9.17, 15) is 9.90 Å². The average Bonchev–Trinajstić information content (AvgIpc) is 2.78. The number of likely N-dealkylation sites (N-methyl/N-ethyl adjacent to an activating group) is 1. The topological polar surface area (TPSA) is 92.2 Å². The number of rotatable bonds is 5. The fraction of sp³-hybridized carbons (Fsp3) is 0.250. The van der Waals surface area contributed by atoms with Crippen LogP contribution in [0.5, 0.6) is 5.88 Å². The molecule has 1 saturated heterocycles. The summed E-state index contributed by atoms with van der Waals surface area (Å²) in [5.74, 6) is -0.224. The maximum absolute atomic E-state index is 12.2. The van der Waals surface area contributed by atoms with Crippen LogP contribution in [0.2, 0.25) is 0 Å². The summed E-state index contributed by atoms with van der Waals surface area (Å²) in [7, 11) is 2.14. The van der Waals surface area contributed by atoms with Crippen LogP contribution in [0.3, 0.4) is 0 Å². The van der Waals surface area contributed by atoms with Gasteiger partial charge in [-0.1, -0.05) is 18.2 Å². The third-order valence-corrected chi connectivity index (χ3v) is 5.54. The molecule has 1 fully saturated rings. The van der Waals surface area contributed by atoms with E-state index in [1.807, 2.05) is 12.1 Å². The van der Waals surface area contributed by atoms with E-state index in [0.717, 1.165) is 37.4 Å². The average molecular weight is 418 g/mol. The van der Waals surface area contributed by atoms with Gasteiger partial charge in [0.15, 0.2) is 0 Å². The lowest BCUT2D eigenvalue weighted by molar-refractivity contribution is 0.313. The first-order chi connectivity index (χ1) is 15.0. The number of pyridine rings is 1. The van der Waals surface area contributed by atoms with E-state index in [2.05, 4.69) is 39.0 Å². The number of benzene rings is 2. The van der Waals surface area contributed by atoms with Crippen molar-refractivity contribution >= 4 is 34.4 Å². The molecule has 7 nitrogen and oxygen atoms in total. The van der Waals surface area contributed by atoms with E-state index in [0.29, 0.717) is 16.3 Å². The molecule has 0 unspecified atom stereocenters. The van der Waals surface area contributed by atoms with E-state index in [-0.39, 0.29) is 18.0 Å². The third kappa shape index (κ3) is 4.68. The molecule has 0 radical (unpaired) electrons. The number of fused-ring (bicyclic) bond motifs is 1. The van der Waals surface area contributed by atoms with Crippen LogP contribution in [-0.2, 0) is 0 Å². The molecule has 2 heterocycles. The molecule has 3 N–H and O–H groups in total. The lowest BCUT2D eigenvalue weighted by atomic mass is 10.0. The Morgan fingerprint density at radius 1 is 1.06 bits per heavy atom. The standard InChI is InChI=1S/C24H26N4O3/c1-27-10-12-28(13-11-27)19-7-5-18(6-8-19)25-16-22-21-15-17(3-2-14-29)4-9-20(21)23(30)26-24(22)31/h2-9,15-16,29H,10-14H2,1H3,(H2,26,30,31)/b3-2+,25-16?. The quantitative estimate of drug-likeness (QED) is 0.554. The fourth-order valence-corrected chi connectivity index (χ4v) is 3.73. The van der Waals surface area contributed by atoms with Crippen LogP contribution >= 0.6 is 0 Å². The fourth-order valence-electron chi connectivity index (χ4n) is 3.73. The van der Waals surface area contributed by atoms with Crippen molar-refractivity contribution in [1.82, 2.24) is 9.88 Å². The molecule has 0 amide bonds. The van der Waals surface area contributed by atoms with Crippen molar-refractivity contribution in [2.45, 2.75) is 0 Å². The van der Waals surface area contributed by atoms with Gasteiger partial charge in [0.1, 0.15) is 0 Å². The molecule has 0 saturated carbocycles. The van der Waals surface area contributed by atoms with Crippen LogP contribution in [-0.4, -0.2) is 66.1 Å². The predicted molar refractivity (Wildman–Crippen MR) is 126 cm³/mol. The second kappa shape index (κ2) is 9.16. The minimum absolute atomic E-state index is 0.0723. The van der Waals surface area contributed by atoms with Crippen LogP contribution < -0.4 is 10.5 Å². The second-order valence-corrected chi connectivity index (χ2v) is 7.67. The lowest BCUT2D eigenvalue weighted by Crippen LogP contribution is -2.44. The molecule has 1 aliphatic rings. The molecule has 2 aromatic carbocycles. The summed E-state index contributed by atoms with van der Waals surface area (Å²) >= 11 is 0. The normalized spacial score (nSPS) is 15.5. The van der Waals surface area contributed by atoms with Crippen LogP contribution in [0, 0.1) is 0 Å². The van der Waals surface area contributed by atoms with E-state index in [4.69, 9.17) is 5.11 Å². The highest BCUT2D eigenvalue weighted by atomic mass is 16.3. The molecule has 31 heavy (non-hydrogen) atoms. The maximum Gasteiger partial charge on any atom is 0.258 e. The molecule has 0 bridgehead atoms. The summed E-state index contributed by atoms with van der Waals surface area (Å²) < 4.78 is 0. The number of anilines is 1. The van der Waals surface area contributed by atoms with Crippen LogP contribution in [0.1, 0.15) is 11.1 Å². The summed E-state index contributed by atoms with van der Waals surface area (Å²) in [6.07, 6.45) is 4.94. The zero-order valence-corrected chi connectivity index (χ0v) is 17.5. The molecule has 3 aromatic rings. The van der Waals surface area contributed by atoms with Gasteiger partial charge < -0.3 is 20.0 Å². The first-order valence-corrected chi connectivity index (χ1v) is 10.3. The van der Waals surface area contributed by atoms with Gasteiger partial charge in [0.25, 0.3) is 5.56 Å². The molecule has 0 atom stereocenters. The molecule has 1 aliphatic heterocycles. The molecule has 1 aromatic heterocycles. The highest BCUT2D eigenvalue weighted by Gasteiger charge is 2.14. The van der Waals surface area contributed by atoms with Crippen LogP contribution in [0.25, 0.3) is 16.8 Å². The summed E-state index contributed by atoms with van der Waals surface area (Å²) in [5, 5.41) is 20.4. The van der Waals surface area contributed by atoms with Crippen molar-refractivity contribution in [1.29, 1.82) is 0 Å². The summed E-state index contributed by atoms with van der Waals surface area (Å²) in [5.41, 5.74) is 2.83. The molecule has 4 rings (SSSR count). The van der Waals surface area contributed by atoms with Gasteiger partial charge in [-0.3, -0.25) is 14.8 Å². The Bertz CT molecular complexity index is 1170. The predicted octanol–water partition coefficient (Wildman–Crippen LogP) is 2.74. The number of hydrogen-bond acceptors (Lipinski definition) is 6. The first-order valence-electron chi connectivity index (χ1n) is 10.3. The van der Waals surface area contributed by atoms with E-state index >= 15 is 0 Å². The Morgan fingerprint density at radius 3 is 2.52 bits per heavy atom. The smallest absolute Gasteiger partial charge is 0.258 e. The number of nitrogens with one attached hydrogen (secondary N) is 1. The number of aliphatic imine (C=N–C) groups is 1. The maximum atomic E-state index is 12.2. The van der Waals surface area contributed by atoms with Crippen molar-refractivity contribution in [3.8, 4) is 5.88 Å². The number of piperazine rings is 1. The zero-order chi connectivity index (χ0) is 21.8. The number of aliphatic hydroxyl groups excluding tert-OH is 1. The Hall–Kier alpha value is -3.42. The summed E-state index contributed by atoms with van der Waals surface area (Å²) in [6.45, 7) is 4.03. The second-order valence-electron chi connectivity index (χ2n) is 7.67. The summed E-state index contributed by atoms with van der Waals surface area (Å²) in [4.78, 5) is 23.9. The number of aromatic amines is 1. The third-order valence-electron chi connectivity index (χ3n) is 5.54. The Labute approximate surface area is 180 Å². The number of aromatic nitrogens is 1. The van der Waals surface area contributed by atoms with Gasteiger partial charge in [0.2, 0.25) is 5.88 Å². The first kappa shape index (κ1) is 20.8. The number of hydrogen-bond donors (Lipinski definition) is 3. The zero-order valence-electron chi connectivity index (χ0n) is 17.5. The minimum atomic E-state index is -0.362. The summed E-state index contributed by atoms with van der Waals surface area (Å²) in [6, 6.07) is 13.3. The van der Waals surface area contributed by atoms with Crippen molar-refractivity contribution < 1.29 is 10.2 Å². The molecule has 7 heteroatoms. The van der Waals surface area contributed by atoms with Gasteiger partial charge in [-0.15, -0.1) is 0 Å². The van der Waals surface area contributed by atoms with Crippen molar-refractivity contribution in [2.75, 3.05) is 44.7 Å². The van der Waals surface area contributed by atoms with E-state index in [1.165, 1.54) is 5.69 Å². The van der Waals surface area contributed by atoms with Crippen molar-refractivity contribution in [2.24, 2.45) is 4.99 Å². The Morgan fingerprint density at radius 2 is 1.81 bits per heavy atom. The van der Waals surface area contributed by atoms with Crippen molar-refractivity contribution in [3.05, 3.63) is 70.0 Å². The Balaban J connectivity index is 1.63. The molecule has 160 valence electrons. The van der Waals surface area contributed by atoms with Gasteiger partial charge in [0.05, 0.1) is 17.9 Å². The molecule has 0 spiro atoms. The molecule has 0 aliphatic carbocycles. The largest absolute Gasteiger partial charge is 0.494 e. The van der Waals surface area contributed by atoms with Gasteiger partial charge in [0, 0.05) is 48.9 Å². The van der Waals surface area contributed by atoms with Gasteiger partial charge in [-0.05, 0) is 49.0 Å². The van der Waals surface area contributed by atoms with Gasteiger partial charge in [-0.2, -0.15) is 0 Å². The highest BCUT2D eigenvalue weighted by molar-refractivity contribution is 6.02. The van der Waals surface area contributed by atoms with Crippen LogP contribution in [0.4, 0.5) is 11.4 Å². The highest BCUT2D eigenvalue weighted by Crippen LogP contribution is 2.25. The number of aromatic hydroxyl groups is 1. The van der Waals surface area contributed by atoms with Gasteiger partial charge >= 0.3 is 0 Å². The van der Waals surface area contributed by atoms with E-state index < -0.39 is 0 Å². The van der Waals surface area contributed by atoms with E-state index in [1.54, 1.807) is 36.6 Å². The van der Waals surface area contributed by atoms with Crippen LogP contribution in [0.15, 0.2) is 58.3 Å². The number of aliphatic hydroxyl groups is 1. The molecular formula is C24H26N4O3. The monoisotopic (exact) mass is 418 g/mol. The minimum Gasteiger partial charge on any atom is -0.494 e. The Kier molecular flexibility index (Phi) is 6.16. The lowest BCUT2D eigenvalue weighted by Gasteiger charge is -2.34. The number of H-pyrrole nitrogens is 1. The number of nitrogens with zero attached hydrogens (tertiary/aromatic N) is 3. The molecular weight excluding hydrogens is 392 g/mol.